The zero-order valence-corrected chi connectivity index (χ0v) is 12.0. The average molecular weight is 242 g/mol. The van der Waals surface area contributed by atoms with Gasteiger partial charge in [-0.15, -0.1) is 0 Å². The molecule has 1 N–H and O–H groups in total. The Balaban J connectivity index is 2.42. The zero-order valence-electron chi connectivity index (χ0n) is 12.0. The van der Waals surface area contributed by atoms with Crippen LogP contribution in [-0.4, -0.2) is 50.8 Å². The van der Waals surface area contributed by atoms with Crippen LogP contribution in [-0.2, 0) is 4.74 Å². The van der Waals surface area contributed by atoms with Crippen LogP contribution in [0.4, 0.5) is 0 Å². The summed E-state index contributed by atoms with van der Waals surface area (Å²) < 4.78 is 5.24. The molecular weight excluding hydrogens is 212 g/mol. The molecule has 3 heteroatoms. The van der Waals surface area contributed by atoms with Crippen molar-refractivity contribution in [3.63, 3.8) is 0 Å². The van der Waals surface area contributed by atoms with E-state index >= 15 is 0 Å². The fourth-order valence-corrected chi connectivity index (χ4v) is 2.67. The molecule has 0 aromatic carbocycles. The predicted molar refractivity (Wildman–Crippen MR) is 73.3 cm³/mol. The molecule has 1 atom stereocenters. The maximum atomic E-state index is 5.24. The number of hydrogen-bond donors (Lipinski definition) is 1. The molecule has 0 aromatic rings. The van der Waals surface area contributed by atoms with Crippen molar-refractivity contribution in [1.82, 2.24) is 10.2 Å². The fraction of sp³-hybridized carbons (Fsp3) is 1.00. The highest BCUT2D eigenvalue weighted by atomic mass is 16.5. The second-order valence-corrected chi connectivity index (χ2v) is 5.35. The third-order valence-corrected chi connectivity index (χ3v) is 4.18. The number of nitrogens with zero attached hydrogens (tertiary/aromatic N) is 1. The van der Waals surface area contributed by atoms with E-state index in [2.05, 4.69) is 31.0 Å². The fourth-order valence-electron chi connectivity index (χ4n) is 2.67. The molecule has 3 nitrogen and oxygen atoms in total. The molecule has 1 heterocycles. The van der Waals surface area contributed by atoms with Gasteiger partial charge in [-0.2, -0.15) is 0 Å². The lowest BCUT2D eigenvalue weighted by molar-refractivity contribution is 0.0855. The van der Waals surface area contributed by atoms with E-state index in [1.165, 1.54) is 32.5 Å². The quantitative estimate of drug-likeness (QED) is 0.669. The molecule has 0 saturated carbocycles. The monoisotopic (exact) mass is 242 g/mol. The summed E-state index contributed by atoms with van der Waals surface area (Å²) in [5, 5.41) is 3.37. The highest BCUT2D eigenvalue weighted by Crippen LogP contribution is 2.19. The first-order valence-electron chi connectivity index (χ1n) is 7.16. The van der Waals surface area contributed by atoms with Crippen LogP contribution in [0.5, 0.6) is 0 Å². The van der Waals surface area contributed by atoms with E-state index in [-0.39, 0.29) is 0 Å². The SMILES string of the molecule is CCC(CC)N(CCOC)CC(C)C1CNC1. The van der Waals surface area contributed by atoms with Gasteiger partial charge in [-0.25, -0.2) is 0 Å². The molecule has 0 radical (unpaired) electrons. The minimum atomic E-state index is 0.723. The first-order valence-corrected chi connectivity index (χ1v) is 7.16. The largest absolute Gasteiger partial charge is 0.383 e. The van der Waals surface area contributed by atoms with Crippen molar-refractivity contribution in [2.75, 3.05) is 39.9 Å². The van der Waals surface area contributed by atoms with Crippen molar-refractivity contribution >= 4 is 0 Å². The molecule has 1 unspecified atom stereocenters. The summed E-state index contributed by atoms with van der Waals surface area (Å²) in [4.78, 5) is 2.63. The molecule has 102 valence electrons. The number of ether oxygens (including phenoxy) is 1. The Hall–Kier alpha value is -0.120. The van der Waals surface area contributed by atoms with Crippen molar-refractivity contribution in [3.8, 4) is 0 Å². The first kappa shape index (κ1) is 14.9. The van der Waals surface area contributed by atoms with Crippen molar-refractivity contribution in [2.45, 2.75) is 39.7 Å². The van der Waals surface area contributed by atoms with E-state index in [0.717, 1.165) is 31.0 Å². The summed E-state index contributed by atoms with van der Waals surface area (Å²) in [5.74, 6) is 1.68. The average Bonchev–Trinajstić information content (AvgIpc) is 2.24. The minimum Gasteiger partial charge on any atom is -0.383 e. The molecule has 1 aliphatic heterocycles. The van der Waals surface area contributed by atoms with E-state index in [1.807, 2.05) is 0 Å². The molecule has 0 spiro atoms. The number of methoxy groups -OCH3 is 1. The molecule has 1 aliphatic rings. The van der Waals surface area contributed by atoms with E-state index in [9.17, 15) is 0 Å². The Labute approximate surface area is 107 Å². The van der Waals surface area contributed by atoms with E-state index in [0.29, 0.717) is 0 Å². The Morgan fingerprint density at radius 3 is 2.35 bits per heavy atom. The molecule has 0 aromatic heterocycles. The Morgan fingerprint density at radius 1 is 1.29 bits per heavy atom. The Morgan fingerprint density at radius 2 is 1.94 bits per heavy atom. The van der Waals surface area contributed by atoms with Crippen LogP contribution in [0.25, 0.3) is 0 Å². The van der Waals surface area contributed by atoms with Crippen LogP contribution < -0.4 is 5.32 Å². The van der Waals surface area contributed by atoms with Crippen LogP contribution in [0.3, 0.4) is 0 Å². The highest BCUT2D eigenvalue weighted by molar-refractivity contribution is 4.82. The molecule has 0 bridgehead atoms. The molecule has 1 fully saturated rings. The minimum absolute atomic E-state index is 0.723. The normalized spacial score (nSPS) is 18.7. The molecule has 1 saturated heterocycles. The van der Waals surface area contributed by atoms with Gasteiger partial charge in [-0.05, 0) is 37.8 Å². The second kappa shape index (κ2) is 8.06. The van der Waals surface area contributed by atoms with Crippen molar-refractivity contribution in [2.24, 2.45) is 11.8 Å². The highest BCUT2D eigenvalue weighted by Gasteiger charge is 2.26. The lowest BCUT2D eigenvalue weighted by Crippen LogP contribution is -2.50. The lowest BCUT2D eigenvalue weighted by Gasteiger charge is -2.38. The van der Waals surface area contributed by atoms with Crippen molar-refractivity contribution in [3.05, 3.63) is 0 Å². The molecule has 0 aliphatic carbocycles. The Bertz CT molecular complexity index is 191. The summed E-state index contributed by atoms with van der Waals surface area (Å²) in [5.41, 5.74) is 0. The topological polar surface area (TPSA) is 24.5 Å². The molecule has 17 heavy (non-hydrogen) atoms. The standard InChI is InChI=1S/C14H30N2O/c1-5-14(6-2)16(7-8-17-4)11-12(3)13-9-15-10-13/h12-15H,5-11H2,1-4H3. The van der Waals surface area contributed by atoms with Gasteiger partial charge in [-0.1, -0.05) is 20.8 Å². The molecule has 1 rings (SSSR count). The van der Waals surface area contributed by atoms with Gasteiger partial charge in [0.15, 0.2) is 0 Å². The van der Waals surface area contributed by atoms with Gasteiger partial charge in [0, 0.05) is 26.2 Å². The molecule has 0 amide bonds. The van der Waals surface area contributed by atoms with Crippen molar-refractivity contribution in [1.29, 1.82) is 0 Å². The van der Waals surface area contributed by atoms with Crippen LogP contribution in [0.2, 0.25) is 0 Å². The van der Waals surface area contributed by atoms with Crippen LogP contribution in [0.1, 0.15) is 33.6 Å². The predicted octanol–water partition coefficient (Wildman–Crippen LogP) is 1.98. The first-order chi connectivity index (χ1) is 8.22. The van der Waals surface area contributed by atoms with Gasteiger partial charge in [0.05, 0.1) is 6.61 Å². The van der Waals surface area contributed by atoms with E-state index < -0.39 is 0 Å². The van der Waals surface area contributed by atoms with Crippen LogP contribution in [0.15, 0.2) is 0 Å². The third-order valence-electron chi connectivity index (χ3n) is 4.18. The maximum Gasteiger partial charge on any atom is 0.0589 e. The van der Waals surface area contributed by atoms with Gasteiger partial charge < -0.3 is 10.1 Å². The van der Waals surface area contributed by atoms with Crippen molar-refractivity contribution < 1.29 is 4.74 Å². The lowest BCUT2D eigenvalue weighted by atomic mass is 9.88. The summed E-state index contributed by atoms with van der Waals surface area (Å²) >= 11 is 0. The van der Waals surface area contributed by atoms with Gasteiger partial charge in [0.25, 0.3) is 0 Å². The van der Waals surface area contributed by atoms with Gasteiger partial charge in [0.1, 0.15) is 0 Å². The van der Waals surface area contributed by atoms with Gasteiger partial charge >= 0.3 is 0 Å². The number of nitrogens with one attached hydrogen (secondary N) is 1. The van der Waals surface area contributed by atoms with Crippen LogP contribution in [0, 0.1) is 11.8 Å². The van der Waals surface area contributed by atoms with E-state index in [4.69, 9.17) is 4.74 Å². The summed E-state index contributed by atoms with van der Waals surface area (Å²) in [6.07, 6.45) is 2.49. The second-order valence-electron chi connectivity index (χ2n) is 5.35. The molecular formula is C14H30N2O. The number of rotatable bonds is 9. The summed E-state index contributed by atoms with van der Waals surface area (Å²) in [7, 11) is 1.80. The Kier molecular flexibility index (Phi) is 7.09. The third kappa shape index (κ3) is 4.57. The summed E-state index contributed by atoms with van der Waals surface area (Å²) in [6.45, 7) is 12.6. The van der Waals surface area contributed by atoms with Gasteiger partial charge in [0.2, 0.25) is 0 Å². The summed E-state index contributed by atoms with van der Waals surface area (Å²) in [6, 6.07) is 0.723. The van der Waals surface area contributed by atoms with Crippen LogP contribution >= 0.6 is 0 Å². The van der Waals surface area contributed by atoms with Gasteiger partial charge in [-0.3, -0.25) is 4.90 Å². The maximum absolute atomic E-state index is 5.24. The smallest absolute Gasteiger partial charge is 0.0589 e. The van der Waals surface area contributed by atoms with E-state index in [1.54, 1.807) is 7.11 Å². The number of hydrogen-bond acceptors (Lipinski definition) is 3. The zero-order chi connectivity index (χ0) is 12.7.